The molecule has 1 spiro atoms. The molecule has 98 valence electrons. The number of likely N-dealkylation sites (tertiary alicyclic amines) is 1. The molecule has 2 nitrogen and oxygen atoms in total. The van der Waals surface area contributed by atoms with Gasteiger partial charge in [0.25, 0.3) is 0 Å². The number of rotatable bonds is 3. The first-order chi connectivity index (χ1) is 8.19. The second-order valence-corrected chi connectivity index (χ2v) is 7.11. The van der Waals surface area contributed by atoms with E-state index in [-0.39, 0.29) is 0 Å². The molecule has 17 heavy (non-hydrogen) atoms. The van der Waals surface area contributed by atoms with Gasteiger partial charge in [-0.25, -0.2) is 0 Å². The van der Waals surface area contributed by atoms with Gasteiger partial charge in [0.1, 0.15) is 0 Å². The Hall–Kier alpha value is -0.0800. The predicted octanol–water partition coefficient (Wildman–Crippen LogP) is 2.77. The van der Waals surface area contributed by atoms with Crippen molar-refractivity contribution >= 4 is 0 Å². The van der Waals surface area contributed by atoms with Crippen molar-refractivity contribution in [2.45, 2.75) is 63.8 Å². The van der Waals surface area contributed by atoms with Crippen LogP contribution in [0.1, 0.15) is 58.3 Å². The van der Waals surface area contributed by atoms with Crippen LogP contribution in [0.25, 0.3) is 0 Å². The summed E-state index contributed by atoms with van der Waals surface area (Å²) in [6, 6.07) is 0. The van der Waals surface area contributed by atoms with Gasteiger partial charge in [-0.05, 0) is 43.9 Å². The third kappa shape index (κ3) is 2.04. The molecule has 3 aliphatic rings. The van der Waals surface area contributed by atoms with Crippen molar-refractivity contribution in [3.8, 4) is 0 Å². The Kier molecular flexibility index (Phi) is 2.99. The van der Waals surface area contributed by atoms with Crippen molar-refractivity contribution in [1.82, 2.24) is 4.90 Å². The highest BCUT2D eigenvalue weighted by Gasteiger charge is 2.53. The molecule has 3 fully saturated rings. The van der Waals surface area contributed by atoms with Gasteiger partial charge in [0.2, 0.25) is 0 Å². The Bertz CT molecular complexity index is 269. The SMILES string of the molecule is CC(CN)(C1CC1)N1CC2(CCCCCC2)C1. The summed E-state index contributed by atoms with van der Waals surface area (Å²) in [7, 11) is 0. The van der Waals surface area contributed by atoms with Gasteiger partial charge in [0.15, 0.2) is 0 Å². The third-order valence-corrected chi connectivity index (χ3v) is 5.81. The molecule has 0 amide bonds. The molecule has 3 rings (SSSR count). The van der Waals surface area contributed by atoms with Crippen LogP contribution in [0.5, 0.6) is 0 Å². The molecule has 0 aromatic rings. The lowest BCUT2D eigenvalue weighted by molar-refractivity contribution is -0.0853. The standard InChI is InChI=1S/C15H28N2/c1-14(10-16,13-6-7-13)17-11-15(12-17)8-4-2-3-5-9-15/h13H,2-12,16H2,1H3. The van der Waals surface area contributed by atoms with Crippen LogP contribution < -0.4 is 5.73 Å². The van der Waals surface area contributed by atoms with E-state index >= 15 is 0 Å². The maximum absolute atomic E-state index is 6.07. The topological polar surface area (TPSA) is 29.3 Å². The lowest BCUT2D eigenvalue weighted by Gasteiger charge is -2.58. The molecule has 1 saturated heterocycles. The molecule has 2 aliphatic carbocycles. The van der Waals surface area contributed by atoms with Crippen LogP contribution >= 0.6 is 0 Å². The van der Waals surface area contributed by atoms with Crippen molar-refractivity contribution < 1.29 is 0 Å². The van der Waals surface area contributed by atoms with Crippen LogP contribution in [0.3, 0.4) is 0 Å². The number of hydrogen-bond acceptors (Lipinski definition) is 2. The highest BCUT2D eigenvalue weighted by Crippen LogP contribution is 2.50. The Morgan fingerprint density at radius 3 is 2.18 bits per heavy atom. The van der Waals surface area contributed by atoms with Gasteiger partial charge >= 0.3 is 0 Å². The molecule has 0 radical (unpaired) electrons. The van der Waals surface area contributed by atoms with E-state index in [1.54, 1.807) is 0 Å². The van der Waals surface area contributed by atoms with Crippen molar-refractivity contribution in [3.05, 3.63) is 0 Å². The second kappa shape index (κ2) is 4.24. The Labute approximate surface area is 106 Å². The number of nitrogens with two attached hydrogens (primary N) is 1. The maximum atomic E-state index is 6.07. The maximum Gasteiger partial charge on any atom is 0.0332 e. The number of hydrogen-bond donors (Lipinski definition) is 1. The lowest BCUT2D eigenvalue weighted by Crippen LogP contribution is -2.67. The van der Waals surface area contributed by atoms with Crippen molar-refractivity contribution in [2.24, 2.45) is 17.1 Å². The van der Waals surface area contributed by atoms with Gasteiger partial charge in [-0.3, -0.25) is 4.90 Å². The van der Waals surface area contributed by atoms with Crippen LogP contribution in [-0.4, -0.2) is 30.1 Å². The molecule has 1 unspecified atom stereocenters. The molecular formula is C15H28N2. The molecule has 2 N–H and O–H groups in total. The quantitative estimate of drug-likeness (QED) is 0.816. The zero-order valence-electron chi connectivity index (χ0n) is 11.4. The number of nitrogens with zero attached hydrogens (tertiary/aromatic N) is 1. The predicted molar refractivity (Wildman–Crippen MR) is 71.9 cm³/mol. The van der Waals surface area contributed by atoms with E-state index in [1.807, 2.05) is 0 Å². The summed E-state index contributed by atoms with van der Waals surface area (Å²) in [5.74, 6) is 0.899. The fourth-order valence-electron chi connectivity index (χ4n) is 4.18. The summed E-state index contributed by atoms with van der Waals surface area (Å²) in [4.78, 5) is 2.72. The first-order valence-corrected chi connectivity index (χ1v) is 7.64. The summed E-state index contributed by atoms with van der Waals surface area (Å²) in [6.07, 6.45) is 11.7. The molecule has 1 heterocycles. The summed E-state index contributed by atoms with van der Waals surface area (Å²) in [6.45, 7) is 5.95. The summed E-state index contributed by atoms with van der Waals surface area (Å²) in [5.41, 5.74) is 7.09. The van der Waals surface area contributed by atoms with Gasteiger partial charge in [-0.1, -0.05) is 25.7 Å². The van der Waals surface area contributed by atoms with E-state index in [1.165, 1.54) is 64.5 Å². The third-order valence-electron chi connectivity index (χ3n) is 5.81. The van der Waals surface area contributed by atoms with E-state index < -0.39 is 0 Å². The Morgan fingerprint density at radius 2 is 1.71 bits per heavy atom. The van der Waals surface area contributed by atoms with Crippen molar-refractivity contribution in [1.29, 1.82) is 0 Å². The lowest BCUT2D eigenvalue weighted by atomic mass is 9.70. The summed E-state index contributed by atoms with van der Waals surface area (Å²) >= 11 is 0. The molecule has 0 aromatic heterocycles. The van der Waals surface area contributed by atoms with Crippen LogP contribution in [0.15, 0.2) is 0 Å². The van der Waals surface area contributed by atoms with Gasteiger partial charge < -0.3 is 5.73 Å². The summed E-state index contributed by atoms with van der Waals surface area (Å²) in [5, 5.41) is 0. The van der Waals surface area contributed by atoms with Crippen LogP contribution in [0.2, 0.25) is 0 Å². The first-order valence-electron chi connectivity index (χ1n) is 7.64. The smallest absolute Gasteiger partial charge is 0.0332 e. The van der Waals surface area contributed by atoms with Gasteiger partial charge in [-0.15, -0.1) is 0 Å². The minimum atomic E-state index is 0.331. The average molecular weight is 236 g/mol. The molecule has 2 saturated carbocycles. The Balaban J connectivity index is 1.62. The molecule has 2 heteroatoms. The van der Waals surface area contributed by atoms with E-state index in [0.29, 0.717) is 11.0 Å². The van der Waals surface area contributed by atoms with E-state index in [9.17, 15) is 0 Å². The molecule has 0 bridgehead atoms. The normalized spacial score (nSPS) is 32.8. The van der Waals surface area contributed by atoms with E-state index in [4.69, 9.17) is 5.73 Å². The van der Waals surface area contributed by atoms with Crippen LogP contribution in [0.4, 0.5) is 0 Å². The monoisotopic (exact) mass is 236 g/mol. The molecular weight excluding hydrogens is 208 g/mol. The first kappa shape index (κ1) is 12.0. The van der Waals surface area contributed by atoms with Gasteiger partial charge in [0.05, 0.1) is 0 Å². The minimum Gasteiger partial charge on any atom is -0.329 e. The van der Waals surface area contributed by atoms with Crippen molar-refractivity contribution in [2.75, 3.05) is 19.6 Å². The van der Waals surface area contributed by atoms with Gasteiger partial charge in [-0.2, -0.15) is 0 Å². The highest BCUT2D eigenvalue weighted by atomic mass is 15.3. The Morgan fingerprint density at radius 1 is 1.12 bits per heavy atom. The largest absolute Gasteiger partial charge is 0.329 e. The van der Waals surface area contributed by atoms with Gasteiger partial charge in [0, 0.05) is 25.2 Å². The fourth-order valence-corrected chi connectivity index (χ4v) is 4.18. The van der Waals surface area contributed by atoms with E-state index in [0.717, 1.165) is 12.5 Å². The zero-order valence-corrected chi connectivity index (χ0v) is 11.4. The second-order valence-electron chi connectivity index (χ2n) is 7.11. The average Bonchev–Trinajstić information content (AvgIpc) is 3.11. The minimum absolute atomic E-state index is 0.331. The molecule has 1 aliphatic heterocycles. The zero-order chi connectivity index (χ0) is 11.9. The van der Waals surface area contributed by atoms with Crippen LogP contribution in [-0.2, 0) is 0 Å². The molecule has 0 aromatic carbocycles. The highest BCUT2D eigenvalue weighted by molar-refractivity contribution is 5.08. The van der Waals surface area contributed by atoms with E-state index in [2.05, 4.69) is 11.8 Å². The summed E-state index contributed by atoms with van der Waals surface area (Å²) < 4.78 is 0. The van der Waals surface area contributed by atoms with Crippen molar-refractivity contribution in [3.63, 3.8) is 0 Å². The van der Waals surface area contributed by atoms with Crippen LogP contribution in [0, 0.1) is 11.3 Å². The molecule has 1 atom stereocenters. The fraction of sp³-hybridized carbons (Fsp3) is 1.00.